The second-order valence-corrected chi connectivity index (χ2v) is 10.1. The first-order valence-electron chi connectivity index (χ1n) is 11.2. The van der Waals surface area contributed by atoms with Crippen LogP contribution in [0.3, 0.4) is 0 Å². The number of hydrogen-bond acceptors (Lipinski definition) is 6. The van der Waals surface area contributed by atoms with Crippen LogP contribution in [0, 0.1) is 0 Å². The summed E-state index contributed by atoms with van der Waals surface area (Å²) in [4.78, 5) is 30.0. The third-order valence-electron chi connectivity index (χ3n) is 5.39. The molecule has 37 heavy (non-hydrogen) atoms. The second-order valence-electron chi connectivity index (χ2n) is 7.43. The zero-order valence-electron chi connectivity index (χ0n) is 20.6. The molecule has 1 aliphatic rings. The Morgan fingerprint density at radius 3 is 2.59 bits per heavy atom. The van der Waals surface area contributed by atoms with Gasteiger partial charge in [-0.25, -0.2) is 14.6 Å². The van der Waals surface area contributed by atoms with E-state index in [2.05, 4.69) is 10.1 Å². The number of hydrogen-bond donors (Lipinski definition) is 0. The Morgan fingerprint density at radius 1 is 1.35 bits per heavy atom. The van der Waals surface area contributed by atoms with Crippen molar-refractivity contribution in [3.05, 3.63) is 63.8 Å². The van der Waals surface area contributed by atoms with Gasteiger partial charge in [0.25, 0.3) is 0 Å². The van der Waals surface area contributed by atoms with Gasteiger partial charge in [-0.3, -0.25) is 4.79 Å². The summed E-state index contributed by atoms with van der Waals surface area (Å²) in [6.45, 7) is 6.42. The van der Waals surface area contributed by atoms with E-state index < -0.39 is 23.8 Å². The smallest absolute Gasteiger partial charge is 0.416 e. The number of rotatable bonds is 8. The van der Waals surface area contributed by atoms with Crippen LogP contribution in [-0.4, -0.2) is 51.5 Å². The van der Waals surface area contributed by atoms with Crippen molar-refractivity contribution >= 4 is 58.6 Å². The quantitative estimate of drug-likeness (QED) is 0.0872. The SMILES string of the molecule is CC.COC(=O)C(c1ccccc1C(F)(F)F)n1cnc2c1CCN(C(/C=N\N(C=O)PI)=C(/C)Cl)C2. The molecule has 2 atom stereocenters. The van der Waals surface area contributed by atoms with Gasteiger partial charge in [-0.15, -0.1) is 0 Å². The van der Waals surface area contributed by atoms with Crippen LogP contribution < -0.4 is 0 Å². The fourth-order valence-electron chi connectivity index (χ4n) is 3.83. The lowest BCUT2D eigenvalue weighted by Crippen LogP contribution is -2.33. The average Bonchev–Trinajstić information content (AvgIpc) is 3.30. The number of methoxy groups -OCH3 is 1. The van der Waals surface area contributed by atoms with Crippen molar-refractivity contribution in [1.29, 1.82) is 0 Å². The number of amides is 1. The molecule has 2 unspecified atom stereocenters. The number of imidazole rings is 1. The predicted octanol–water partition coefficient (Wildman–Crippen LogP) is 5.91. The number of fused-ring (bicyclic) bond motifs is 1. The van der Waals surface area contributed by atoms with Gasteiger partial charge in [-0.05, 0) is 40.6 Å². The van der Waals surface area contributed by atoms with Gasteiger partial charge < -0.3 is 14.2 Å². The standard InChI is InChI=1S/C21H21ClF3IN5O3P.C2H6/c1-13(22)18(9-28-31(12-32)35-26)29-8-7-17-16(10-29)27-11-30(17)19(20(33)34-2)14-5-3-4-6-15(14)21(23,24)25;1-2/h3-6,9,11-12,19,35H,7-8,10H2,1-2H3;1-2H3/b18-13-,28-9-;. The highest BCUT2D eigenvalue weighted by Crippen LogP contribution is 2.37. The Balaban J connectivity index is 0.00000235. The Kier molecular flexibility index (Phi) is 11.8. The minimum Gasteiger partial charge on any atom is -0.467 e. The molecule has 2 heterocycles. The Morgan fingerprint density at radius 2 is 2.03 bits per heavy atom. The van der Waals surface area contributed by atoms with E-state index in [0.29, 0.717) is 41.5 Å². The molecule has 2 aromatic rings. The van der Waals surface area contributed by atoms with Gasteiger partial charge in [0.2, 0.25) is 6.41 Å². The molecule has 1 aromatic heterocycles. The van der Waals surface area contributed by atoms with E-state index in [1.165, 1.54) is 40.1 Å². The third-order valence-corrected chi connectivity index (χ3v) is 7.46. The number of ether oxygens (including phenoxy) is 1. The minimum atomic E-state index is -4.65. The van der Waals surface area contributed by atoms with Crippen molar-refractivity contribution in [2.75, 3.05) is 13.7 Å². The maximum absolute atomic E-state index is 13.7. The first-order valence-corrected chi connectivity index (χ1v) is 15.6. The Labute approximate surface area is 233 Å². The number of carbonyl (C=O) groups excluding carboxylic acids is 2. The number of alkyl halides is 3. The summed E-state index contributed by atoms with van der Waals surface area (Å²) in [5, 5.41) is 4.57. The van der Waals surface area contributed by atoms with Crippen LogP contribution >= 0.6 is 40.0 Å². The van der Waals surface area contributed by atoms with Crippen LogP contribution in [0.2, 0.25) is 0 Å². The molecule has 1 amide bonds. The van der Waals surface area contributed by atoms with Crippen molar-refractivity contribution in [2.24, 2.45) is 5.10 Å². The monoisotopic (exact) mass is 671 g/mol. The fraction of sp³-hybridized carbons (Fsp3) is 0.391. The molecule has 3 rings (SSSR count). The van der Waals surface area contributed by atoms with Crippen LogP contribution in [0.4, 0.5) is 13.2 Å². The summed E-state index contributed by atoms with van der Waals surface area (Å²) in [6.07, 6.45) is -0.706. The number of halogens is 5. The van der Waals surface area contributed by atoms with E-state index in [4.69, 9.17) is 16.3 Å². The summed E-state index contributed by atoms with van der Waals surface area (Å²) < 4.78 is 48.7. The fourth-order valence-corrected chi connectivity index (χ4v) is 4.85. The van der Waals surface area contributed by atoms with Crippen LogP contribution in [0.25, 0.3) is 0 Å². The maximum atomic E-state index is 13.7. The largest absolute Gasteiger partial charge is 0.467 e. The lowest BCUT2D eigenvalue weighted by Gasteiger charge is -2.31. The highest BCUT2D eigenvalue weighted by molar-refractivity contribution is 14.2. The highest BCUT2D eigenvalue weighted by Gasteiger charge is 2.39. The zero-order valence-corrected chi connectivity index (χ0v) is 24.5. The van der Waals surface area contributed by atoms with E-state index in [9.17, 15) is 22.8 Å². The second kappa shape index (κ2) is 14.1. The topological polar surface area (TPSA) is 80.0 Å². The number of aromatic nitrogens is 2. The van der Waals surface area contributed by atoms with E-state index in [0.717, 1.165) is 13.2 Å². The van der Waals surface area contributed by atoms with E-state index >= 15 is 0 Å². The van der Waals surface area contributed by atoms with Crippen LogP contribution in [0.15, 0.2) is 46.4 Å². The number of hydrazone groups is 1. The number of carbonyl (C=O) groups is 2. The molecule has 1 aliphatic heterocycles. The molecule has 0 spiro atoms. The van der Waals surface area contributed by atoms with Crippen LogP contribution in [0.1, 0.15) is 49.3 Å². The number of nitrogens with zero attached hydrogens (tertiary/aromatic N) is 5. The number of benzene rings is 1. The first-order chi connectivity index (χ1) is 17.6. The van der Waals surface area contributed by atoms with Crippen molar-refractivity contribution in [3.8, 4) is 0 Å². The van der Waals surface area contributed by atoms with Crippen LogP contribution in [-0.2, 0) is 33.5 Å². The zero-order chi connectivity index (χ0) is 27.8. The number of allylic oxidation sites excluding steroid dienone is 2. The van der Waals surface area contributed by atoms with Crippen LogP contribution in [0.5, 0.6) is 0 Å². The average molecular weight is 672 g/mol. The van der Waals surface area contributed by atoms with Gasteiger partial charge in [0, 0.05) is 23.7 Å². The molecule has 0 saturated heterocycles. The lowest BCUT2D eigenvalue weighted by molar-refractivity contribution is -0.145. The first kappa shape index (κ1) is 31.0. The molecular weight excluding hydrogens is 645 g/mol. The van der Waals surface area contributed by atoms with Gasteiger partial charge in [-0.1, -0.05) is 43.6 Å². The van der Waals surface area contributed by atoms with Gasteiger partial charge in [0.05, 0.1) is 49.5 Å². The van der Waals surface area contributed by atoms with Crippen molar-refractivity contribution < 1.29 is 27.5 Å². The minimum absolute atomic E-state index is 0.114. The van der Waals surface area contributed by atoms with Gasteiger partial charge >= 0.3 is 12.1 Å². The van der Waals surface area contributed by atoms with E-state index in [1.54, 1.807) is 6.92 Å². The van der Waals surface area contributed by atoms with E-state index in [1.807, 2.05) is 40.8 Å². The molecule has 0 bridgehead atoms. The maximum Gasteiger partial charge on any atom is 0.416 e. The Bertz CT molecular complexity index is 1150. The molecule has 0 fully saturated rings. The van der Waals surface area contributed by atoms with Gasteiger partial charge in [0.1, 0.15) is 0 Å². The normalized spacial score (nSPS) is 15.1. The molecule has 1 aromatic carbocycles. The lowest BCUT2D eigenvalue weighted by atomic mass is 9.98. The van der Waals surface area contributed by atoms with E-state index in [-0.39, 0.29) is 18.5 Å². The third kappa shape index (κ3) is 7.44. The molecule has 14 heteroatoms. The summed E-state index contributed by atoms with van der Waals surface area (Å²) >= 11 is 8.30. The summed E-state index contributed by atoms with van der Waals surface area (Å²) in [5.41, 5.74) is 0.666. The Hall–Kier alpha value is -2.18. The molecule has 0 radical (unpaired) electrons. The molecular formula is C23H27ClF3IN5O3P. The predicted molar refractivity (Wildman–Crippen MR) is 147 cm³/mol. The number of esters is 1. The van der Waals surface area contributed by atoms with Crippen molar-refractivity contribution in [2.45, 2.75) is 46.0 Å². The summed E-state index contributed by atoms with van der Waals surface area (Å²) in [6, 6.07) is 3.58. The molecule has 0 N–H and O–H groups in total. The molecule has 202 valence electrons. The molecule has 0 aliphatic carbocycles. The molecule has 8 nitrogen and oxygen atoms in total. The van der Waals surface area contributed by atoms with Crippen molar-refractivity contribution in [1.82, 2.24) is 19.2 Å². The van der Waals surface area contributed by atoms with Gasteiger partial charge in [0.15, 0.2) is 6.04 Å². The van der Waals surface area contributed by atoms with Crippen molar-refractivity contribution in [3.63, 3.8) is 0 Å². The molecule has 0 saturated carbocycles. The summed E-state index contributed by atoms with van der Waals surface area (Å²) in [5.74, 6) is -0.831. The summed E-state index contributed by atoms with van der Waals surface area (Å²) in [7, 11) is 1.13. The highest BCUT2D eigenvalue weighted by atomic mass is 127. The van der Waals surface area contributed by atoms with Gasteiger partial charge in [-0.2, -0.15) is 18.3 Å².